The fourth-order valence-corrected chi connectivity index (χ4v) is 6.43. The van der Waals surface area contributed by atoms with Crippen LogP contribution < -0.4 is 15.4 Å². The van der Waals surface area contributed by atoms with E-state index in [9.17, 15) is 19.6 Å². The van der Waals surface area contributed by atoms with Crippen molar-refractivity contribution in [3.8, 4) is 11.8 Å². The highest BCUT2D eigenvalue weighted by Gasteiger charge is 2.43. The average molecular weight is 506 g/mol. The summed E-state index contributed by atoms with van der Waals surface area (Å²) in [5.41, 5.74) is 1.21. The van der Waals surface area contributed by atoms with Gasteiger partial charge in [0.05, 0.1) is 13.2 Å². The smallest absolute Gasteiger partial charge is 0.270 e. The predicted octanol–water partition coefficient (Wildman–Crippen LogP) is 3.12. The quantitative estimate of drug-likeness (QED) is 0.533. The van der Waals surface area contributed by atoms with E-state index in [1.165, 1.54) is 19.3 Å². The van der Waals surface area contributed by atoms with Crippen molar-refractivity contribution in [1.29, 1.82) is 5.26 Å². The number of carbonyl (C=O) groups is 3. The van der Waals surface area contributed by atoms with Gasteiger partial charge in [-0.2, -0.15) is 5.26 Å². The number of rotatable bonds is 7. The number of nitrogens with zero attached hydrogens (tertiary/aromatic N) is 2. The summed E-state index contributed by atoms with van der Waals surface area (Å²) in [6.45, 7) is 1.12. The Morgan fingerprint density at radius 2 is 2.03 bits per heavy atom. The highest BCUT2D eigenvalue weighted by Crippen LogP contribution is 2.38. The van der Waals surface area contributed by atoms with E-state index in [4.69, 9.17) is 4.74 Å². The average Bonchev–Trinajstić information content (AvgIpc) is 3.66. The van der Waals surface area contributed by atoms with E-state index in [1.54, 1.807) is 18.1 Å². The van der Waals surface area contributed by atoms with Crippen LogP contribution in [0.15, 0.2) is 24.3 Å². The van der Waals surface area contributed by atoms with Gasteiger partial charge >= 0.3 is 0 Å². The van der Waals surface area contributed by atoms with Crippen LogP contribution in [0.4, 0.5) is 0 Å². The lowest BCUT2D eigenvalue weighted by atomic mass is 9.79. The van der Waals surface area contributed by atoms with Crippen LogP contribution >= 0.6 is 0 Å². The van der Waals surface area contributed by atoms with E-state index in [0.29, 0.717) is 43.3 Å². The Morgan fingerprint density at radius 1 is 1.22 bits per heavy atom. The molecule has 3 aliphatic rings. The summed E-state index contributed by atoms with van der Waals surface area (Å²) < 4.78 is 5.45. The third-order valence-electron chi connectivity index (χ3n) is 8.44. The first-order chi connectivity index (χ1) is 18.0. The van der Waals surface area contributed by atoms with Gasteiger partial charge in [-0.3, -0.25) is 14.4 Å². The number of aromatic amines is 1. The molecule has 0 spiro atoms. The van der Waals surface area contributed by atoms with Gasteiger partial charge in [-0.05, 0) is 49.3 Å². The Hall–Kier alpha value is -3.54. The molecule has 1 saturated carbocycles. The molecule has 3 fully saturated rings. The second kappa shape index (κ2) is 10.8. The molecule has 37 heavy (non-hydrogen) atoms. The Balaban J connectivity index is 1.37. The van der Waals surface area contributed by atoms with Gasteiger partial charge in [0, 0.05) is 29.9 Å². The Morgan fingerprint density at radius 3 is 2.73 bits per heavy atom. The number of fused-ring (bicyclic) bond motifs is 1. The van der Waals surface area contributed by atoms with E-state index >= 15 is 0 Å². The van der Waals surface area contributed by atoms with Gasteiger partial charge < -0.3 is 25.3 Å². The minimum absolute atomic E-state index is 0.0706. The van der Waals surface area contributed by atoms with Crippen molar-refractivity contribution >= 4 is 28.6 Å². The zero-order valence-electron chi connectivity index (χ0n) is 21.3. The molecule has 0 radical (unpaired) electrons. The number of amides is 3. The van der Waals surface area contributed by atoms with Crippen LogP contribution in [0, 0.1) is 29.1 Å². The van der Waals surface area contributed by atoms with Crippen LogP contribution in [0.3, 0.4) is 0 Å². The van der Waals surface area contributed by atoms with Crippen molar-refractivity contribution in [2.24, 2.45) is 17.8 Å². The summed E-state index contributed by atoms with van der Waals surface area (Å²) in [7, 11) is 1.60. The van der Waals surface area contributed by atoms with Crippen LogP contribution in [0.2, 0.25) is 0 Å². The summed E-state index contributed by atoms with van der Waals surface area (Å²) in [5.74, 6) is 0.544. The zero-order valence-corrected chi connectivity index (χ0v) is 21.3. The maximum absolute atomic E-state index is 13.8. The fourth-order valence-electron chi connectivity index (χ4n) is 6.43. The molecule has 5 rings (SSSR count). The number of likely N-dealkylation sites (tertiary alicyclic amines) is 1. The SMILES string of the molecule is COc1cccc2[nH]c(C(=O)N3CC(C4CCCCC4)CC3C(=O)NC(C#N)CC3CCNC3=O)cc12. The number of hydrogen-bond donors (Lipinski definition) is 3. The highest BCUT2D eigenvalue weighted by molar-refractivity contribution is 6.01. The van der Waals surface area contributed by atoms with Crippen LogP contribution in [-0.4, -0.2) is 59.9 Å². The van der Waals surface area contributed by atoms with Crippen LogP contribution in [0.5, 0.6) is 5.75 Å². The molecule has 3 N–H and O–H groups in total. The van der Waals surface area contributed by atoms with E-state index < -0.39 is 12.1 Å². The van der Waals surface area contributed by atoms with E-state index in [-0.39, 0.29) is 36.0 Å². The topological polar surface area (TPSA) is 127 Å². The molecule has 4 unspecified atom stereocenters. The highest BCUT2D eigenvalue weighted by atomic mass is 16.5. The first-order valence-electron chi connectivity index (χ1n) is 13.4. The summed E-state index contributed by atoms with van der Waals surface area (Å²) in [6.07, 6.45) is 7.40. The number of ether oxygens (including phenoxy) is 1. The standard InChI is InChI=1S/C28H35N5O4/c1-37-25-9-5-8-22-21(25)14-23(32-22)28(36)33-16-19(17-6-3-2-4-7-17)13-24(33)27(35)31-20(15-29)12-18-10-11-30-26(18)34/h5,8-9,14,17-20,24,32H,2-4,6-7,10-13,16H2,1H3,(H,30,34)(H,31,35). The maximum Gasteiger partial charge on any atom is 0.270 e. The second-order valence-corrected chi connectivity index (χ2v) is 10.7. The number of methoxy groups -OCH3 is 1. The summed E-state index contributed by atoms with van der Waals surface area (Å²) in [6, 6.07) is 8.12. The Bertz CT molecular complexity index is 1210. The number of H-pyrrole nitrogens is 1. The van der Waals surface area contributed by atoms with Gasteiger partial charge in [0.25, 0.3) is 5.91 Å². The molecule has 9 nitrogen and oxygen atoms in total. The minimum atomic E-state index is -0.774. The molecule has 2 aromatic rings. The fraction of sp³-hybridized carbons (Fsp3) is 0.571. The van der Waals surface area contributed by atoms with Gasteiger partial charge in [-0.1, -0.05) is 38.2 Å². The lowest BCUT2D eigenvalue weighted by Crippen LogP contribution is -2.49. The van der Waals surface area contributed by atoms with Gasteiger partial charge in [-0.25, -0.2) is 0 Å². The van der Waals surface area contributed by atoms with Crippen molar-refractivity contribution in [1.82, 2.24) is 20.5 Å². The number of hydrogen-bond acceptors (Lipinski definition) is 5. The van der Waals surface area contributed by atoms with Crippen molar-refractivity contribution in [3.63, 3.8) is 0 Å². The molecule has 196 valence electrons. The summed E-state index contributed by atoms with van der Waals surface area (Å²) in [4.78, 5) is 44.2. The van der Waals surface area contributed by atoms with Crippen LogP contribution in [-0.2, 0) is 9.59 Å². The van der Waals surface area contributed by atoms with Crippen molar-refractivity contribution < 1.29 is 19.1 Å². The predicted molar refractivity (Wildman–Crippen MR) is 138 cm³/mol. The molecule has 1 aromatic heterocycles. The molecular formula is C28H35N5O4. The molecule has 3 amide bonds. The van der Waals surface area contributed by atoms with E-state index in [2.05, 4.69) is 21.7 Å². The molecule has 2 aliphatic heterocycles. The third-order valence-corrected chi connectivity index (χ3v) is 8.44. The Kier molecular flexibility index (Phi) is 7.36. The van der Waals surface area contributed by atoms with Gasteiger partial charge in [0.2, 0.25) is 11.8 Å². The number of aromatic nitrogens is 1. The zero-order chi connectivity index (χ0) is 25.9. The van der Waals surface area contributed by atoms with Crippen LogP contribution in [0.25, 0.3) is 10.9 Å². The molecule has 3 heterocycles. The normalized spacial score (nSPS) is 25.0. The van der Waals surface area contributed by atoms with Gasteiger partial charge in [0.15, 0.2) is 0 Å². The molecule has 2 saturated heterocycles. The minimum Gasteiger partial charge on any atom is -0.496 e. The first-order valence-corrected chi connectivity index (χ1v) is 13.4. The summed E-state index contributed by atoms with van der Waals surface area (Å²) in [5, 5.41) is 16.2. The lowest BCUT2D eigenvalue weighted by molar-refractivity contribution is -0.126. The number of nitrogens with one attached hydrogen (secondary N) is 3. The lowest BCUT2D eigenvalue weighted by Gasteiger charge is -2.27. The van der Waals surface area contributed by atoms with Crippen molar-refractivity contribution in [2.45, 2.75) is 63.5 Å². The Labute approximate surface area is 216 Å². The molecule has 9 heteroatoms. The van der Waals surface area contributed by atoms with Crippen LogP contribution in [0.1, 0.15) is 61.9 Å². The third kappa shape index (κ3) is 5.15. The number of carbonyl (C=O) groups excluding carboxylic acids is 3. The maximum atomic E-state index is 13.8. The number of nitriles is 1. The largest absolute Gasteiger partial charge is 0.496 e. The second-order valence-electron chi connectivity index (χ2n) is 10.7. The van der Waals surface area contributed by atoms with Crippen molar-refractivity contribution in [3.05, 3.63) is 30.0 Å². The molecule has 1 aliphatic carbocycles. The monoisotopic (exact) mass is 505 g/mol. The van der Waals surface area contributed by atoms with E-state index in [0.717, 1.165) is 23.7 Å². The first kappa shape index (κ1) is 25.1. The van der Waals surface area contributed by atoms with Gasteiger partial charge in [-0.15, -0.1) is 0 Å². The van der Waals surface area contributed by atoms with E-state index in [1.807, 2.05) is 18.2 Å². The van der Waals surface area contributed by atoms with Crippen molar-refractivity contribution in [2.75, 3.05) is 20.2 Å². The molecular weight excluding hydrogens is 470 g/mol. The summed E-state index contributed by atoms with van der Waals surface area (Å²) >= 11 is 0. The molecule has 4 atom stereocenters. The van der Waals surface area contributed by atoms with Gasteiger partial charge in [0.1, 0.15) is 23.5 Å². The molecule has 1 aromatic carbocycles. The molecule has 0 bridgehead atoms. The number of benzene rings is 1.